The first-order valence-corrected chi connectivity index (χ1v) is 7.67. The van der Waals surface area contributed by atoms with E-state index in [4.69, 9.17) is 15.2 Å². The van der Waals surface area contributed by atoms with Crippen LogP contribution in [-0.2, 0) is 6.42 Å². The highest BCUT2D eigenvalue weighted by molar-refractivity contribution is 5.43. The maximum absolute atomic E-state index is 6.15. The summed E-state index contributed by atoms with van der Waals surface area (Å²) >= 11 is 0. The van der Waals surface area contributed by atoms with Gasteiger partial charge in [-0.3, -0.25) is 0 Å². The van der Waals surface area contributed by atoms with Gasteiger partial charge in [0.05, 0.1) is 13.2 Å². The molecule has 3 heteroatoms. The lowest BCUT2D eigenvalue weighted by atomic mass is 9.89. The van der Waals surface area contributed by atoms with Crippen LogP contribution in [0, 0.1) is 5.92 Å². The van der Waals surface area contributed by atoms with E-state index < -0.39 is 0 Å². The molecule has 3 unspecified atom stereocenters. The number of ether oxygens (including phenoxy) is 2. The fourth-order valence-electron chi connectivity index (χ4n) is 2.97. The van der Waals surface area contributed by atoms with E-state index in [0.29, 0.717) is 6.10 Å². The summed E-state index contributed by atoms with van der Waals surface area (Å²) in [5.41, 5.74) is 7.04. The van der Waals surface area contributed by atoms with Crippen LogP contribution in [0.25, 0.3) is 0 Å². The largest absolute Gasteiger partial charge is 0.493 e. The summed E-state index contributed by atoms with van der Waals surface area (Å²) in [6, 6.07) is 6.32. The number of hydrogen-bond acceptors (Lipinski definition) is 3. The van der Waals surface area contributed by atoms with Gasteiger partial charge in [0.15, 0.2) is 11.5 Å². The van der Waals surface area contributed by atoms with E-state index in [1.807, 2.05) is 19.1 Å². The Kier molecular flexibility index (Phi) is 5.30. The highest BCUT2D eigenvalue weighted by atomic mass is 16.5. The molecule has 20 heavy (non-hydrogen) atoms. The molecule has 0 aliphatic heterocycles. The summed E-state index contributed by atoms with van der Waals surface area (Å²) < 4.78 is 11.6. The standard InChI is InChI=1S/C17H27NO2/c1-12-5-4-6-15(9-12)20-16-8-7-14(10-13(2)18)11-17(16)19-3/h7-8,11-13,15H,4-6,9-10,18H2,1-3H3. The van der Waals surface area contributed by atoms with Crippen LogP contribution >= 0.6 is 0 Å². The number of hydrogen-bond donors (Lipinski definition) is 1. The van der Waals surface area contributed by atoms with Gasteiger partial charge in [0.1, 0.15) is 0 Å². The zero-order chi connectivity index (χ0) is 14.5. The molecule has 1 saturated carbocycles. The van der Waals surface area contributed by atoms with Crippen molar-refractivity contribution in [3.63, 3.8) is 0 Å². The average Bonchev–Trinajstić information content (AvgIpc) is 2.40. The zero-order valence-corrected chi connectivity index (χ0v) is 12.9. The molecule has 3 nitrogen and oxygen atoms in total. The maximum Gasteiger partial charge on any atom is 0.161 e. The van der Waals surface area contributed by atoms with Gasteiger partial charge in [-0.15, -0.1) is 0 Å². The van der Waals surface area contributed by atoms with Gasteiger partial charge in [0.25, 0.3) is 0 Å². The van der Waals surface area contributed by atoms with Gasteiger partial charge < -0.3 is 15.2 Å². The Morgan fingerprint density at radius 3 is 2.75 bits per heavy atom. The van der Waals surface area contributed by atoms with E-state index in [1.54, 1.807) is 7.11 Å². The van der Waals surface area contributed by atoms with Gasteiger partial charge in [0, 0.05) is 6.04 Å². The van der Waals surface area contributed by atoms with Crippen molar-refractivity contribution in [1.29, 1.82) is 0 Å². The fraction of sp³-hybridized carbons (Fsp3) is 0.647. The molecule has 0 heterocycles. The predicted octanol–water partition coefficient (Wildman–Crippen LogP) is 3.54. The first kappa shape index (κ1) is 15.2. The molecule has 2 N–H and O–H groups in total. The van der Waals surface area contributed by atoms with Crippen molar-refractivity contribution >= 4 is 0 Å². The molecule has 3 atom stereocenters. The molecular formula is C17H27NO2. The summed E-state index contributed by atoms with van der Waals surface area (Å²) in [6.45, 7) is 4.32. The van der Waals surface area contributed by atoms with Crippen molar-refractivity contribution in [1.82, 2.24) is 0 Å². The first-order valence-electron chi connectivity index (χ1n) is 7.67. The highest BCUT2D eigenvalue weighted by Gasteiger charge is 2.21. The first-order chi connectivity index (χ1) is 9.58. The van der Waals surface area contributed by atoms with E-state index in [-0.39, 0.29) is 6.04 Å². The summed E-state index contributed by atoms with van der Waals surface area (Å²) in [7, 11) is 1.70. The summed E-state index contributed by atoms with van der Waals surface area (Å²) in [6.07, 6.45) is 6.06. The van der Waals surface area contributed by atoms with Crippen LogP contribution in [0.1, 0.15) is 45.1 Å². The van der Waals surface area contributed by atoms with E-state index in [1.165, 1.54) is 18.4 Å². The molecule has 1 fully saturated rings. The molecular weight excluding hydrogens is 250 g/mol. The highest BCUT2D eigenvalue weighted by Crippen LogP contribution is 2.33. The maximum atomic E-state index is 6.15. The molecule has 1 aromatic carbocycles. The van der Waals surface area contributed by atoms with E-state index in [0.717, 1.165) is 36.7 Å². The third-order valence-corrected chi connectivity index (χ3v) is 3.97. The normalized spacial score (nSPS) is 24.2. The molecule has 0 aromatic heterocycles. The van der Waals surface area contributed by atoms with Crippen molar-refractivity contribution in [2.45, 2.75) is 58.1 Å². The molecule has 2 rings (SSSR count). The third-order valence-electron chi connectivity index (χ3n) is 3.97. The van der Waals surface area contributed by atoms with Gasteiger partial charge in [-0.2, -0.15) is 0 Å². The number of benzene rings is 1. The topological polar surface area (TPSA) is 44.5 Å². The fourth-order valence-corrected chi connectivity index (χ4v) is 2.97. The van der Waals surface area contributed by atoms with Crippen LogP contribution in [-0.4, -0.2) is 19.3 Å². The smallest absolute Gasteiger partial charge is 0.161 e. The summed E-state index contributed by atoms with van der Waals surface area (Å²) in [4.78, 5) is 0. The van der Waals surface area contributed by atoms with Crippen molar-refractivity contribution in [2.75, 3.05) is 7.11 Å². The molecule has 0 saturated heterocycles. The summed E-state index contributed by atoms with van der Waals surface area (Å²) in [5, 5.41) is 0. The van der Waals surface area contributed by atoms with Crippen molar-refractivity contribution in [2.24, 2.45) is 11.7 Å². The van der Waals surface area contributed by atoms with Crippen LogP contribution in [0.5, 0.6) is 11.5 Å². The van der Waals surface area contributed by atoms with Crippen molar-refractivity contribution < 1.29 is 9.47 Å². The SMILES string of the molecule is COc1cc(CC(C)N)ccc1OC1CCCC(C)C1. The second kappa shape index (κ2) is 6.98. The molecule has 0 bridgehead atoms. The second-order valence-corrected chi connectivity index (χ2v) is 6.18. The number of nitrogens with two attached hydrogens (primary N) is 1. The van der Waals surface area contributed by atoms with Crippen molar-refractivity contribution in [3.8, 4) is 11.5 Å². The molecule has 1 aliphatic rings. The predicted molar refractivity (Wildman–Crippen MR) is 82.4 cm³/mol. The Bertz CT molecular complexity index is 431. The lowest BCUT2D eigenvalue weighted by Gasteiger charge is -2.28. The summed E-state index contributed by atoms with van der Waals surface area (Å²) in [5.74, 6) is 2.44. The van der Waals surface area contributed by atoms with Gasteiger partial charge in [0.2, 0.25) is 0 Å². The minimum absolute atomic E-state index is 0.158. The monoisotopic (exact) mass is 277 g/mol. The van der Waals surface area contributed by atoms with Gasteiger partial charge in [-0.1, -0.05) is 19.4 Å². The van der Waals surface area contributed by atoms with Crippen LogP contribution < -0.4 is 15.2 Å². The second-order valence-electron chi connectivity index (χ2n) is 6.18. The minimum atomic E-state index is 0.158. The Hall–Kier alpha value is -1.22. The van der Waals surface area contributed by atoms with Gasteiger partial charge in [-0.05, 0) is 56.2 Å². The third kappa shape index (κ3) is 4.14. The van der Waals surface area contributed by atoms with E-state index in [2.05, 4.69) is 13.0 Å². The zero-order valence-electron chi connectivity index (χ0n) is 12.9. The van der Waals surface area contributed by atoms with Crippen molar-refractivity contribution in [3.05, 3.63) is 23.8 Å². The Labute approximate surface area is 122 Å². The van der Waals surface area contributed by atoms with Crippen LogP contribution in [0.3, 0.4) is 0 Å². The lowest BCUT2D eigenvalue weighted by Crippen LogP contribution is -2.24. The quantitative estimate of drug-likeness (QED) is 0.895. The average molecular weight is 277 g/mol. The van der Waals surface area contributed by atoms with Crippen LogP contribution in [0.15, 0.2) is 18.2 Å². The Balaban J connectivity index is 2.06. The van der Waals surface area contributed by atoms with E-state index >= 15 is 0 Å². The van der Waals surface area contributed by atoms with E-state index in [9.17, 15) is 0 Å². The molecule has 1 aliphatic carbocycles. The van der Waals surface area contributed by atoms with Gasteiger partial charge in [-0.25, -0.2) is 0 Å². The Morgan fingerprint density at radius 2 is 2.10 bits per heavy atom. The Morgan fingerprint density at radius 1 is 1.30 bits per heavy atom. The lowest BCUT2D eigenvalue weighted by molar-refractivity contribution is 0.125. The molecule has 0 radical (unpaired) electrons. The molecule has 0 amide bonds. The van der Waals surface area contributed by atoms with Crippen LogP contribution in [0.4, 0.5) is 0 Å². The minimum Gasteiger partial charge on any atom is -0.493 e. The molecule has 112 valence electrons. The molecule has 1 aromatic rings. The number of methoxy groups -OCH3 is 1. The van der Waals surface area contributed by atoms with Gasteiger partial charge >= 0.3 is 0 Å². The molecule has 0 spiro atoms. The van der Waals surface area contributed by atoms with Crippen LogP contribution in [0.2, 0.25) is 0 Å². The number of rotatable bonds is 5.